The van der Waals surface area contributed by atoms with Gasteiger partial charge in [0.1, 0.15) is 0 Å². The Hall–Kier alpha value is -0.460. The fourth-order valence-corrected chi connectivity index (χ4v) is 1.72. The molecule has 0 aromatic rings. The summed E-state index contributed by atoms with van der Waals surface area (Å²) in [5.74, 6) is 0.835. The van der Waals surface area contributed by atoms with Gasteiger partial charge in [0.2, 0.25) is 0 Å². The molecule has 0 saturated heterocycles. The van der Waals surface area contributed by atoms with Crippen LogP contribution < -0.4 is 5.32 Å². The molecule has 14 heavy (non-hydrogen) atoms. The third-order valence-corrected chi connectivity index (χ3v) is 2.71. The molecule has 0 aliphatic rings. The molecule has 0 heterocycles. The van der Waals surface area contributed by atoms with Crippen molar-refractivity contribution in [2.75, 3.05) is 6.54 Å². The highest BCUT2D eigenvalue weighted by molar-refractivity contribution is 4.92. The molecule has 1 heteroatoms. The third-order valence-electron chi connectivity index (χ3n) is 2.71. The van der Waals surface area contributed by atoms with Gasteiger partial charge in [0.15, 0.2) is 0 Å². The second-order valence-corrected chi connectivity index (χ2v) is 4.15. The van der Waals surface area contributed by atoms with Gasteiger partial charge in [0.25, 0.3) is 0 Å². The second-order valence-electron chi connectivity index (χ2n) is 4.15. The van der Waals surface area contributed by atoms with Gasteiger partial charge >= 0.3 is 0 Å². The van der Waals surface area contributed by atoms with Gasteiger partial charge in [-0.3, -0.25) is 0 Å². The molecule has 0 aromatic heterocycles. The molecule has 84 valence electrons. The van der Waals surface area contributed by atoms with E-state index >= 15 is 0 Å². The topological polar surface area (TPSA) is 12.0 Å². The van der Waals surface area contributed by atoms with Gasteiger partial charge in [0.05, 0.1) is 0 Å². The lowest BCUT2D eigenvalue weighted by atomic mass is 9.96. The van der Waals surface area contributed by atoms with Crippen molar-refractivity contribution in [2.45, 2.75) is 59.3 Å². The first-order valence-corrected chi connectivity index (χ1v) is 6.16. The lowest BCUT2D eigenvalue weighted by molar-refractivity contribution is 0.448. The van der Waals surface area contributed by atoms with Crippen LogP contribution in [0.15, 0.2) is 12.3 Å². The van der Waals surface area contributed by atoms with Crippen LogP contribution in [0.5, 0.6) is 0 Å². The molecule has 1 atom stereocenters. The molecule has 0 amide bonds. The minimum atomic E-state index is 0.835. The van der Waals surface area contributed by atoms with Crippen LogP contribution in [0.3, 0.4) is 0 Å². The summed E-state index contributed by atoms with van der Waals surface area (Å²) in [6.45, 7) is 11.9. The molecule has 0 aliphatic heterocycles. The second kappa shape index (κ2) is 9.11. The van der Waals surface area contributed by atoms with Gasteiger partial charge in [-0.05, 0) is 18.8 Å². The van der Waals surface area contributed by atoms with Crippen molar-refractivity contribution >= 4 is 0 Å². The predicted octanol–water partition coefficient (Wildman–Crippen LogP) is 4.11. The van der Waals surface area contributed by atoms with Crippen molar-refractivity contribution in [2.24, 2.45) is 5.92 Å². The first-order chi connectivity index (χ1) is 6.74. The van der Waals surface area contributed by atoms with E-state index in [2.05, 4.69) is 32.7 Å². The fraction of sp³-hybridized carbons (Fsp3) is 0.846. The number of rotatable bonds is 9. The molecule has 0 spiro atoms. The molecule has 0 bridgehead atoms. The number of hydrogen-bond acceptors (Lipinski definition) is 1. The van der Waals surface area contributed by atoms with Crippen LogP contribution in [0.1, 0.15) is 59.3 Å². The normalized spacial score (nSPS) is 12.5. The first kappa shape index (κ1) is 13.5. The highest BCUT2D eigenvalue weighted by Crippen LogP contribution is 2.18. The van der Waals surface area contributed by atoms with E-state index in [9.17, 15) is 0 Å². The molecule has 0 radical (unpaired) electrons. The van der Waals surface area contributed by atoms with Crippen LogP contribution >= 0.6 is 0 Å². The maximum absolute atomic E-state index is 4.09. The summed E-state index contributed by atoms with van der Waals surface area (Å²) in [5, 5.41) is 3.41. The van der Waals surface area contributed by atoms with Crippen molar-refractivity contribution in [1.82, 2.24) is 5.32 Å². The molecule has 1 unspecified atom stereocenters. The molecule has 0 saturated carbocycles. The Kier molecular flexibility index (Phi) is 8.81. The number of unbranched alkanes of at least 4 members (excludes halogenated alkanes) is 1. The molecule has 0 rings (SSSR count). The first-order valence-electron chi connectivity index (χ1n) is 6.16. The quantitative estimate of drug-likeness (QED) is 0.549. The summed E-state index contributed by atoms with van der Waals surface area (Å²) in [7, 11) is 0. The van der Waals surface area contributed by atoms with Gasteiger partial charge in [-0.25, -0.2) is 0 Å². The summed E-state index contributed by atoms with van der Waals surface area (Å²) in [5.41, 5.74) is 1.23. The van der Waals surface area contributed by atoms with Crippen LogP contribution in [-0.2, 0) is 0 Å². The Bertz CT molecular complexity index is 140. The van der Waals surface area contributed by atoms with Crippen molar-refractivity contribution in [1.29, 1.82) is 0 Å². The van der Waals surface area contributed by atoms with Crippen molar-refractivity contribution in [3.05, 3.63) is 12.3 Å². The number of nitrogens with one attached hydrogen (secondary N) is 1. The van der Waals surface area contributed by atoms with E-state index in [1.54, 1.807) is 0 Å². The smallest absolute Gasteiger partial charge is 0.0143 e. The van der Waals surface area contributed by atoms with Crippen LogP contribution in [0, 0.1) is 5.92 Å². The summed E-state index contributed by atoms with van der Waals surface area (Å²) in [4.78, 5) is 0. The number of hydrogen-bond donors (Lipinski definition) is 1. The monoisotopic (exact) mass is 197 g/mol. The lowest BCUT2D eigenvalue weighted by Crippen LogP contribution is -2.16. The predicted molar refractivity (Wildman–Crippen MR) is 65.4 cm³/mol. The highest BCUT2D eigenvalue weighted by atomic mass is 14.9. The molecule has 0 aliphatic carbocycles. The van der Waals surface area contributed by atoms with E-state index in [1.165, 1.54) is 37.8 Å². The summed E-state index contributed by atoms with van der Waals surface area (Å²) >= 11 is 0. The summed E-state index contributed by atoms with van der Waals surface area (Å²) in [6.07, 6.45) is 7.58. The van der Waals surface area contributed by atoms with Crippen molar-refractivity contribution < 1.29 is 0 Å². The van der Waals surface area contributed by atoms with Crippen LogP contribution in [-0.4, -0.2) is 6.54 Å². The molecule has 1 nitrogen and oxygen atoms in total. The minimum Gasteiger partial charge on any atom is -0.389 e. The summed E-state index contributed by atoms with van der Waals surface area (Å²) < 4.78 is 0. The maximum atomic E-state index is 4.09. The Labute approximate surface area is 90.0 Å². The van der Waals surface area contributed by atoms with Gasteiger partial charge in [0, 0.05) is 12.2 Å². The third kappa shape index (κ3) is 6.99. The molecular formula is C13H27N. The van der Waals surface area contributed by atoms with Crippen molar-refractivity contribution in [3.63, 3.8) is 0 Å². The lowest BCUT2D eigenvalue weighted by Gasteiger charge is -2.16. The molecule has 1 N–H and O–H groups in total. The molecule has 0 fully saturated rings. The van der Waals surface area contributed by atoms with Gasteiger partial charge in [-0.1, -0.05) is 53.0 Å². The van der Waals surface area contributed by atoms with Gasteiger partial charge in [-0.15, -0.1) is 0 Å². The Morgan fingerprint density at radius 2 is 1.93 bits per heavy atom. The zero-order chi connectivity index (χ0) is 10.8. The van der Waals surface area contributed by atoms with Gasteiger partial charge in [-0.2, -0.15) is 0 Å². The Morgan fingerprint density at radius 3 is 2.43 bits per heavy atom. The zero-order valence-corrected chi connectivity index (χ0v) is 10.2. The summed E-state index contributed by atoms with van der Waals surface area (Å²) in [6, 6.07) is 0. The fourth-order valence-electron chi connectivity index (χ4n) is 1.72. The van der Waals surface area contributed by atoms with Crippen molar-refractivity contribution in [3.8, 4) is 0 Å². The largest absolute Gasteiger partial charge is 0.389 e. The number of allylic oxidation sites excluding steroid dienone is 1. The van der Waals surface area contributed by atoms with Crippen LogP contribution in [0.4, 0.5) is 0 Å². The highest BCUT2D eigenvalue weighted by Gasteiger charge is 2.06. The maximum Gasteiger partial charge on any atom is 0.0143 e. The van der Waals surface area contributed by atoms with Crippen LogP contribution in [0.2, 0.25) is 0 Å². The average Bonchev–Trinajstić information content (AvgIpc) is 2.17. The van der Waals surface area contributed by atoms with E-state index in [0.29, 0.717) is 0 Å². The SMILES string of the molecule is C=C(CC(CC)CCC)NCCCC. The molecular weight excluding hydrogens is 170 g/mol. The van der Waals surface area contributed by atoms with E-state index in [0.717, 1.165) is 18.9 Å². The van der Waals surface area contributed by atoms with E-state index < -0.39 is 0 Å². The van der Waals surface area contributed by atoms with Gasteiger partial charge < -0.3 is 5.32 Å². The molecule has 0 aromatic carbocycles. The van der Waals surface area contributed by atoms with E-state index in [1.807, 2.05) is 0 Å². The standard InChI is InChI=1S/C13H27N/c1-5-8-10-14-12(4)11-13(7-3)9-6-2/h13-14H,4-11H2,1-3H3. The Morgan fingerprint density at radius 1 is 1.21 bits per heavy atom. The zero-order valence-electron chi connectivity index (χ0n) is 10.2. The average molecular weight is 197 g/mol. The van der Waals surface area contributed by atoms with E-state index in [4.69, 9.17) is 0 Å². The Balaban J connectivity index is 3.56. The van der Waals surface area contributed by atoms with E-state index in [-0.39, 0.29) is 0 Å². The minimum absolute atomic E-state index is 0.835. The van der Waals surface area contributed by atoms with Crippen LogP contribution in [0.25, 0.3) is 0 Å².